The van der Waals surface area contributed by atoms with Gasteiger partial charge in [-0.15, -0.1) is 0 Å². The minimum Gasteiger partial charge on any atom is -0.0812 e. The van der Waals surface area contributed by atoms with Crippen LogP contribution in [-0.4, -0.2) is 0 Å². The standard InChI is InChI=1S/C9H10I/c1-7-3-4-8(2)9(5-7)6-10/h4-5H,6H2,1-2H3. The van der Waals surface area contributed by atoms with Crippen molar-refractivity contribution in [2.45, 2.75) is 18.3 Å². The Hall–Kier alpha value is -0.0500. The molecule has 0 aliphatic rings. The average molecular weight is 245 g/mol. The highest BCUT2D eigenvalue weighted by Crippen LogP contribution is 2.12. The van der Waals surface area contributed by atoms with Crippen LogP contribution in [0.3, 0.4) is 0 Å². The predicted octanol–water partition coefficient (Wildman–Crippen LogP) is 3.04. The highest BCUT2D eigenvalue weighted by atomic mass is 127. The molecule has 0 fully saturated rings. The van der Waals surface area contributed by atoms with Crippen molar-refractivity contribution in [3.05, 3.63) is 34.9 Å². The molecule has 0 aromatic heterocycles. The Morgan fingerprint density at radius 2 is 2.20 bits per heavy atom. The second-order valence-corrected chi connectivity index (χ2v) is 3.22. The zero-order valence-electron chi connectivity index (χ0n) is 6.24. The highest BCUT2D eigenvalue weighted by Gasteiger charge is 1.94. The largest absolute Gasteiger partial charge is 0.0812 e. The first kappa shape index (κ1) is 8.05. The van der Waals surface area contributed by atoms with Crippen molar-refractivity contribution in [1.29, 1.82) is 0 Å². The summed E-state index contributed by atoms with van der Waals surface area (Å²) < 4.78 is 1.10. The summed E-state index contributed by atoms with van der Waals surface area (Å²) in [6.07, 6.45) is 0. The molecule has 1 heteroatoms. The van der Waals surface area contributed by atoms with E-state index >= 15 is 0 Å². The van der Waals surface area contributed by atoms with Gasteiger partial charge < -0.3 is 0 Å². The summed E-state index contributed by atoms with van der Waals surface area (Å²) in [4.78, 5) is 0. The predicted molar refractivity (Wildman–Crippen MR) is 52.5 cm³/mol. The number of hydrogen-bond donors (Lipinski definition) is 0. The molecule has 0 amide bonds. The fourth-order valence-corrected chi connectivity index (χ4v) is 1.70. The van der Waals surface area contributed by atoms with Gasteiger partial charge in [0.2, 0.25) is 0 Å². The molecule has 0 saturated heterocycles. The van der Waals surface area contributed by atoms with Gasteiger partial charge >= 0.3 is 0 Å². The van der Waals surface area contributed by atoms with Gasteiger partial charge in [-0.05, 0) is 36.6 Å². The van der Waals surface area contributed by atoms with E-state index in [-0.39, 0.29) is 0 Å². The van der Waals surface area contributed by atoms with Crippen LogP contribution in [0.4, 0.5) is 0 Å². The van der Waals surface area contributed by atoms with Crippen molar-refractivity contribution >= 4 is 22.6 Å². The lowest BCUT2D eigenvalue weighted by Gasteiger charge is -2.01. The summed E-state index contributed by atoms with van der Waals surface area (Å²) in [6.45, 7) is 4.21. The summed E-state index contributed by atoms with van der Waals surface area (Å²) >= 11 is 2.38. The van der Waals surface area contributed by atoms with Gasteiger partial charge in [-0.25, -0.2) is 0 Å². The lowest BCUT2D eigenvalue weighted by molar-refractivity contribution is 1.29. The molecule has 0 saturated carbocycles. The number of rotatable bonds is 1. The van der Waals surface area contributed by atoms with Gasteiger partial charge in [0.15, 0.2) is 0 Å². The normalized spacial score (nSPS) is 9.90. The Kier molecular flexibility index (Phi) is 2.72. The Balaban J connectivity index is 3.09. The molecular weight excluding hydrogens is 235 g/mol. The first-order chi connectivity index (χ1) is 4.74. The molecule has 0 nitrogen and oxygen atoms in total. The second-order valence-electron chi connectivity index (χ2n) is 2.46. The third-order valence-corrected chi connectivity index (χ3v) is 2.38. The van der Waals surface area contributed by atoms with Crippen molar-refractivity contribution in [1.82, 2.24) is 0 Å². The topological polar surface area (TPSA) is 0 Å². The van der Waals surface area contributed by atoms with E-state index in [2.05, 4.69) is 54.6 Å². The van der Waals surface area contributed by atoms with Gasteiger partial charge in [0.1, 0.15) is 0 Å². The van der Waals surface area contributed by atoms with Crippen LogP contribution in [0.5, 0.6) is 0 Å². The summed E-state index contributed by atoms with van der Waals surface area (Å²) in [6, 6.07) is 7.43. The third-order valence-electron chi connectivity index (χ3n) is 1.56. The van der Waals surface area contributed by atoms with Gasteiger partial charge in [0.05, 0.1) is 0 Å². The lowest BCUT2D eigenvalue weighted by Crippen LogP contribution is -1.84. The number of halogens is 1. The van der Waals surface area contributed by atoms with Crippen LogP contribution in [0.1, 0.15) is 16.7 Å². The van der Waals surface area contributed by atoms with E-state index in [0.717, 1.165) is 4.43 Å². The molecule has 0 unspecified atom stereocenters. The minimum absolute atomic E-state index is 1.10. The van der Waals surface area contributed by atoms with Crippen LogP contribution < -0.4 is 0 Å². The SMILES string of the molecule is Cc1[c]cc(C)c(CI)c1. The first-order valence-electron chi connectivity index (χ1n) is 3.28. The summed E-state index contributed by atoms with van der Waals surface area (Å²) in [5.74, 6) is 0. The zero-order chi connectivity index (χ0) is 7.56. The smallest absolute Gasteiger partial charge is 0.0249 e. The molecular formula is C9H10I. The minimum atomic E-state index is 1.10. The fourth-order valence-electron chi connectivity index (χ4n) is 0.876. The van der Waals surface area contributed by atoms with Crippen molar-refractivity contribution in [2.24, 2.45) is 0 Å². The molecule has 0 N–H and O–H groups in total. The van der Waals surface area contributed by atoms with Crippen LogP contribution in [0.15, 0.2) is 12.1 Å². The molecule has 0 aliphatic carbocycles. The Bertz CT molecular complexity index is 228. The van der Waals surface area contributed by atoms with Gasteiger partial charge in [-0.3, -0.25) is 0 Å². The number of aryl methyl sites for hydroxylation is 2. The molecule has 1 rings (SSSR count). The third kappa shape index (κ3) is 1.72. The second kappa shape index (κ2) is 3.37. The molecule has 0 bridgehead atoms. The maximum Gasteiger partial charge on any atom is 0.0249 e. The summed E-state index contributed by atoms with van der Waals surface area (Å²) in [5.41, 5.74) is 4.01. The van der Waals surface area contributed by atoms with Gasteiger partial charge in [-0.2, -0.15) is 0 Å². The van der Waals surface area contributed by atoms with E-state index in [9.17, 15) is 0 Å². The number of benzene rings is 1. The molecule has 10 heavy (non-hydrogen) atoms. The Morgan fingerprint density at radius 3 is 2.70 bits per heavy atom. The summed E-state index contributed by atoms with van der Waals surface area (Å²) in [5, 5.41) is 0. The van der Waals surface area contributed by atoms with E-state index in [4.69, 9.17) is 0 Å². The molecule has 1 aromatic carbocycles. The quantitative estimate of drug-likeness (QED) is 0.527. The van der Waals surface area contributed by atoms with Gasteiger partial charge in [0, 0.05) is 4.43 Å². The Labute approximate surface area is 75.8 Å². The molecule has 1 aromatic rings. The highest BCUT2D eigenvalue weighted by molar-refractivity contribution is 14.1. The number of hydrogen-bond acceptors (Lipinski definition) is 0. The molecule has 53 valence electrons. The lowest BCUT2D eigenvalue weighted by atomic mass is 10.1. The van der Waals surface area contributed by atoms with Crippen LogP contribution in [0.25, 0.3) is 0 Å². The van der Waals surface area contributed by atoms with Crippen molar-refractivity contribution in [3.63, 3.8) is 0 Å². The maximum atomic E-state index is 3.17. The van der Waals surface area contributed by atoms with Crippen molar-refractivity contribution in [3.8, 4) is 0 Å². The van der Waals surface area contributed by atoms with Crippen molar-refractivity contribution in [2.75, 3.05) is 0 Å². The number of alkyl halides is 1. The first-order valence-corrected chi connectivity index (χ1v) is 4.80. The molecule has 1 radical (unpaired) electrons. The average Bonchev–Trinajstić information content (AvgIpc) is 1.94. The monoisotopic (exact) mass is 245 g/mol. The van der Waals surface area contributed by atoms with Gasteiger partial charge in [0.25, 0.3) is 0 Å². The Morgan fingerprint density at radius 1 is 1.50 bits per heavy atom. The van der Waals surface area contributed by atoms with E-state index in [1.165, 1.54) is 16.7 Å². The molecule has 0 aliphatic heterocycles. The van der Waals surface area contributed by atoms with Crippen LogP contribution in [0, 0.1) is 19.9 Å². The van der Waals surface area contributed by atoms with E-state index in [0.29, 0.717) is 0 Å². The fraction of sp³-hybridized carbons (Fsp3) is 0.333. The summed E-state index contributed by atoms with van der Waals surface area (Å²) in [7, 11) is 0. The molecule has 0 heterocycles. The van der Waals surface area contributed by atoms with Crippen molar-refractivity contribution < 1.29 is 0 Å². The van der Waals surface area contributed by atoms with Crippen LogP contribution in [-0.2, 0) is 4.43 Å². The maximum absolute atomic E-state index is 3.17. The zero-order valence-corrected chi connectivity index (χ0v) is 8.40. The van der Waals surface area contributed by atoms with Crippen LogP contribution in [0.2, 0.25) is 0 Å². The van der Waals surface area contributed by atoms with E-state index in [1.807, 2.05) is 0 Å². The van der Waals surface area contributed by atoms with E-state index in [1.54, 1.807) is 0 Å². The molecule has 0 spiro atoms. The van der Waals surface area contributed by atoms with Gasteiger partial charge in [-0.1, -0.05) is 34.7 Å². The molecule has 0 atom stereocenters. The van der Waals surface area contributed by atoms with E-state index < -0.39 is 0 Å². The van der Waals surface area contributed by atoms with Crippen LogP contribution >= 0.6 is 22.6 Å².